The van der Waals surface area contributed by atoms with E-state index in [1.54, 1.807) is 16.8 Å². The lowest BCUT2D eigenvalue weighted by molar-refractivity contribution is -0.134. The molecule has 30 heavy (non-hydrogen) atoms. The monoisotopic (exact) mass is 427 g/mol. The van der Waals surface area contributed by atoms with Gasteiger partial charge in [0.25, 0.3) is 0 Å². The summed E-state index contributed by atoms with van der Waals surface area (Å²) in [5, 5.41) is 3.61. The number of amides is 3. The highest BCUT2D eigenvalue weighted by Gasteiger charge is 2.35. The number of nitrogens with zero attached hydrogens (tertiary/aromatic N) is 2. The number of hydrogen-bond acceptors (Lipinski definition) is 2. The number of anilines is 1. The standard InChI is InChI=1S/C24H30ClN3O2/c1-24(2,3)18-9-13-20(14-10-18)26-23(30)28-15-5-6-21(28)22(29)27(4)16-17-7-11-19(25)12-8-17/h7-14,21H,5-6,15-16H2,1-4H3,(H,26,30)/t21-/m1/s1. The van der Waals surface area contributed by atoms with Crippen molar-refractivity contribution < 1.29 is 9.59 Å². The maximum atomic E-state index is 13.0. The molecule has 1 fully saturated rings. The number of benzene rings is 2. The molecule has 0 aliphatic carbocycles. The molecule has 160 valence electrons. The maximum Gasteiger partial charge on any atom is 0.322 e. The number of likely N-dealkylation sites (N-methyl/N-ethyl adjacent to an activating group) is 1. The van der Waals surface area contributed by atoms with E-state index in [0.29, 0.717) is 24.5 Å². The van der Waals surface area contributed by atoms with Crippen LogP contribution in [0, 0.1) is 0 Å². The van der Waals surface area contributed by atoms with Crippen molar-refractivity contribution in [3.8, 4) is 0 Å². The third-order valence-electron chi connectivity index (χ3n) is 5.51. The van der Waals surface area contributed by atoms with Gasteiger partial charge in [-0.2, -0.15) is 0 Å². The van der Waals surface area contributed by atoms with Crippen molar-refractivity contribution in [1.82, 2.24) is 9.80 Å². The molecule has 1 heterocycles. The Labute approximate surface area is 184 Å². The van der Waals surface area contributed by atoms with Crippen molar-refractivity contribution in [2.45, 2.75) is 51.6 Å². The first-order valence-electron chi connectivity index (χ1n) is 10.3. The Kier molecular flexibility index (Phi) is 6.71. The highest BCUT2D eigenvalue weighted by Crippen LogP contribution is 2.25. The van der Waals surface area contributed by atoms with E-state index in [0.717, 1.165) is 17.7 Å². The van der Waals surface area contributed by atoms with Gasteiger partial charge in [-0.3, -0.25) is 4.79 Å². The third-order valence-corrected chi connectivity index (χ3v) is 5.76. The van der Waals surface area contributed by atoms with Gasteiger partial charge in [0, 0.05) is 30.8 Å². The number of rotatable bonds is 4. The van der Waals surface area contributed by atoms with Gasteiger partial charge in [0.05, 0.1) is 0 Å². The molecular formula is C24H30ClN3O2. The predicted octanol–water partition coefficient (Wildman–Crippen LogP) is 5.29. The van der Waals surface area contributed by atoms with Gasteiger partial charge in [-0.1, -0.05) is 56.6 Å². The molecule has 0 unspecified atom stereocenters. The van der Waals surface area contributed by atoms with E-state index >= 15 is 0 Å². The van der Waals surface area contributed by atoms with Crippen molar-refractivity contribution in [2.24, 2.45) is 0 Å². The minimum Gasteiger partial charge on any atom is -0.340 e. The van der Waals surface area contributed by atoms with Crippen LogP contribution in [0.3, 0.4) is 0 Å². The lowest BCUT2D eigenvalue weighted by atomic mass is 9.87. The number of urea groups is 1. The van der Waals surface area contributed by atoms with Crippen molar-refractivity contribution in [1.29, 1.82) is 0 Å². The minimum absolute atomic E-state index is 0.0410. The van der Waals surface area contributed by atoms with Gasteiger partial charge in [-0.05, 0) is 53.6 Å². The van der Waals surface area contributed by atoms with Crippen LogP contribution >= 0.6 is 11.6 Å². The Morgan fingerprint density at radius 3 is 2.33 bits per heavy atom. The van der Waals surface area contributed by atoms with Gasteiger partial charge in [0.1, 0.15) is 6.04 Å². The number of carbonyl (C=O) groups excluding carboxylic acids is 2. The molecule has 0 radical (unpaired) electrons. The second kappa shape index (κ2) is 9.09. The summed E-state index contributed by atoms with van der Waals surface area (Å²) in [5.74, 6) is -0.0410. The molecule has 3 amide bonds. The van der Waals surface area contributed by atoms with Crippen molar-refractivity contribution >= 4 is 29.2 Å². The van der Waals surface area contributed by atoms with Crippen LogP contribution < -0.4 is 5.32 Å². The average molecular weight is 428 g/mol. The topological polar surface area (TPSA) is 52.7 Å². The fourth-order valence-electron chi connectivity index (χ4n) is 3.71. The molecule has 5 nitrogen and oxygen atoms in total. The summed E-state index contributed by atoms with van der Waals surface area (Å²) >= 11 is 5.93. The lowest BCUT2D eigenvalue weighted by Gasteiger charge is -2.28. The van der Waals surface area contributed by atoms with Crippen molar-refractivity contribution in [3.05, 3.63) is 64.7 Å². The molecule has 0 spiro atoms. The summed E-state index contributed by atoms with van der Waals surface area (Å²) < 4.78 is 0. The molecule has 6 heteroatoms. The number of nitrogens with one attached hydrogen (secondary N) is 1. The first kappa shape index (κ1) is 22.2. The van der Waals surface area contributed by atoms with E-state index in [1.165, 1.54) is 5.56 Å². The molecule has 0 bridgehead atoms. The van der Waals surface area contributed by atoms with Gasteiger partial charge in [0.15, 0.2) is 0 Å². The fourth-order valence-corrected chi connectivity index (χ4v) is 3.84. The van der Waals surface area contributed by atoms with Gasteiger partial charge >= 0.3 is 6.03 Å². The zero-order valence-electron chi connectivity index (χ0n) is 18.1. The maximum absolute atomic E-state index is 13.0. The molecule has 3 rings (SSSR count). The van der Waals surface area contributed by atoms with Gasteiger partial charge in [0.2, 0.25) is 5.91 Å². The largest absolute Gasteiger partial charge is 0.340 e. The number of hydrogen-bond donors (Lipinski definition) is 1. The molecule has 1 N–H and O–H groups in total. The second-order valence-electron chi connectivity index (χ2n) is 8.93. The molecule has 0 aromatic heterocycles. The highest BCUT2D eigenvalue weighted by molar-refractivity contribution is 6.30. The Bertz CT molecular complexity index is 888. The smallest absolute Gasteiger partial charge is 0.322 e. The summed E-state index contributed by atoms with van der Waals surface area (Å²) in [4.78, 5) is 29.2. The van der Waals surface area contributed by atoms with Crippen LogP contribution in [0.1, 0.15) is 44.7 Å². The predicted molar refractivity (Wildman–Crippen MR) is 122 cm³/mol. The van der Waals surface area contributed by atoms with Crippen LogP contribution in [0.4, 0.5) is 10.5 Å². The number of carbonyl (C=O) groups is 2. The van der Waals surface area contributed by atoms with Crippen LogP contribution in [0.25, 0.3) is 0 Å². The van der Waals surface area contributed by atoms with E-state index in [9.17, 15) is 9.59 Å². The normalized spacial score (nSPS) is 16.4. The molecule has 2 aromatic rings. The summed E-state index contributed by atoms with van der Waals surface area (Å²) in [6, 6.07) is 14.7. The van der Waals surface area contributed by atoms with E-state index in [-0.39, 0.29) is 17.4 Å². The molecule has 0 saturated carbocycles. The van der Waals surface area contributed by atoms with E-state index < -0.39 is 6.04 Å². The van der Waals surface area contributed by atoms with Crippen molar-refractivity contribution in [2.75, 3.05) is 18.9 Å². The van der Waals surface area contributed by atoms with Crippen LogP contribution in [-0.2, 0) is 16.8 Å². The fraction of sp³-hybridized carbons (Fsp3) is 0.417. The van der Waals surface area contributed by atoms with Gasteiger partial charge in [-0.15, -0.1) is 0 Å². The Balaban J connectivity index is 1.63. The Morgan fingerprint density at radius 1 is 1.10 bits per heavy atom. The zero-order valence-corrected chi connectivity index (χ0v) is 18.9. The third kappa shape index (κ3) is 5.33. The average Bonchev–Trinajstić information content (AvgIpc) is 3.19. The molecule has 1 saturated heterocycles. The summed E-state index contributed by atoms with van der Waals surface area (Å²) in [6.45, 7) is 7.53. The molecule has 2 aromatic carbocycles. The SMILES string of the molecule is CN(Cc1ccc(Cl)cc1)C(=O)[C@H]1CCCN1C(=O)Nc1ccc(C(C)(C)C)cc1. The van der Waals surface area contributed by atoms with Crippen LogP contribution in [0.2, 0.25) is 5.02 Å². The Morgan fingerprint density at radius 2 is 1.73 bits per heavy atom. The molecule has 1 atom stereocenters. The van der Waals surface area contributed by atoms with Crippen molar-refractivity contribution in [3.63, 3.8) is 0 Å². The van der Waals surface area contributed by atoms with E-state index in [1.807, 2.05) is 48.5 Å². The Hall–Kier alpha value is -2.53. The van der Waals surface area contributed by atoms with E-state index in [2.05, 4.69) is 26.1 Å². The van der Waals surface area contributed by atoms with E-state index in [4.69, 9.17) is 11.6 Å². The zero-order chi connectivity index (χ0) is 21.9. The summed E-state index contributed by atoms with van der Waals surface area (Å²) in [7, 11) is 1.77. The van der Waals surface area contributed by atoms with Crippen LogP contribution in [-0.4, -0.2) is 41.4 Å². The first-order valence-corrected chi connectivity index (χ1v) is 10.7. The van der Waals surface area contributed by atoms with Crippen LogP contribution in [0.5, 0.6) is 0 Å². The van der Waals surface area contributed by atoms with Gasteiger partial charge in [-0.25, -0.2) is 4.79 Å². The first-order chi connectivity index (χ1) is 14.1. The lowest BCUT2D eigenvalue weighted by Crippen LogP contribution is -2.47. The van der Waals surface area contributed by atoms with Crippen LogP contribution in [0.15, 0.2) is 48.5 Å². The number of halogens is 1. The minimum atomic E-state index is -0.434. The quantitative estimate of drug-likeness (QED) is 0.720. The highest BCUT2D eigenvalue weighted by atomic mass is 35.5. The molecule has 1 aliphatic rings. The molecule has 1 aliphatic heterocycles. The summed E-state index contributed by atoms with van der Waals surface area (Å²) in [6.07, 6.45) is 1.50. The number of likely N-dealkylation sites (tertiary alicyclic amines) is 1. The summed E-state index contributed by atoms with van der Waals surface area (Å²) in [5.41, 5.74) is 3.01. The second-order valence-corrected chi connectivity index (χ2v) is 9.37. The molecular weight excluding hydrogens is 398 g/mol. The van der Waals surface area contributed by atoms with Gasteiger partial charge < -0.3 is 15.1 Å².